The van der Waals surface area contributed by atoms with Gasteiger partial charge in [0.15, 0.2) is 0 Å². The minimum Gasteiger partial charge on any atom is -0.395 e. The molecule has 5 heteroatoms. The van der Waals surface area contributed by atoms with Crippen molar-refractivity contribution in [2.45, 2.75) is 25.9 Å². The van der Waals surface area contributed by atoms with Gasteiger partial charge in [0, 0.05) is 37.7 Å². The van der Waals surface area contributed by atoms with E-state index in [1.807, 2.05) is 47.1 Å². The summed E-state index contributed by atoms with van der Waals surface area (Å²) in [4.78, 5) is 21.0. The Bertz CT molecular complexity index is 690. The van der Waals surface area contributed by atoms with E-state index in [1.54, 1.807) is 12.4 Å². The van der Waals surface area contributed by atoms with Crippen LogP contribution in [0.15, 0.2) is 48.8 Å². The number of aliphatic hydroxyl groups excluding tert-OH is 1. The van der Waals surface area contributed by atoms with E-state index in [0.717, 1.165) is 24.2 Å². The fourth-order valence-electron chi connectivity index (χ4n) is 3.21. The van der Waals surface area contributed by atoms with E-state index >= 15 is 0 Å². The number of anilines is 1. The molecule has 5 nitrogen and oxygen atoms in total. The molecule has 2 aromatic rings. The Kier molecular flexibility index (Phi) is 5.23. The zero-order valence-electron chi connectivity index (χ0n) is 13.9. The molecule has 1 amide bonds. The number of hydrogen-bond acceptors (Lipinski definition) is 4. The van der Waals surface area contributed by atoms with Gasteiger partial charge in [0.2, 0.25) is 5.91 Å². The number of carbonyl (C=O) groups excluding carboxylic acids is 1. The molecule has 3 rings (SSSR count). The summed E-state index contributed by atoms with van der Waals surface area (Å²) in [7, 11) is 0. The summed E-state index contributed by atoms with van der Waals surface area (Å²) >= 11 is 0. The number of pyridine rings is 1. The van der Waals surface area contributed by atoms with E-state index in [2.05, 4.69) is 11.1 Å². The molecule has 1 unspecified atom stereocenters. The Morgan fingerprint density at radius 1 is 1.33 bits per heavy atom. The van der Waals surface area contributed by atoms with Crippen LogP contribution in [0.25, 0.3) is 0 Å². The van der Waals surface area contributed by atoms with Gasteiger partial charge in [-0.05, 0) is 36.6 Å². The average molecular weight is 325 g/mol. The summed E-state index contributed by atoms with van der Waals surface area (Å²) in [5.41, 5.74) is 3.27. The van der Waals surface area contributed by atoms with Crippen molar-refractivity contribution in [1.82, 2.24) is 9.88 Å². The highest BCUT2D eigenvalue weighted by Crippen LogP contribution is 2.28. The van der Waals surface area contributed by atoms with Crippen LogP contribution in [0.1, 0.15) is 18.1 Å². The normalized spacial score (nSPS) is 14.7. The largest absolute Gasteiger partial charge is 0.395 e. The van der Waals surface area contributed by atoms with Crippen LogP contribution in [0.2, 0.25) is 0 Å². The van der Waals surface area contributed by atoms with Gasteiger partial charge in [-0.25, -0.2) is 0 Å². The SMILES string of the molecule is CC(C(=O)N1CCc2ccccc21)N(CCO)Cc1cccnc1. The number of rotatable bonds is 6. The summed E-state index contributed by atoms with van der Waals surface area (Å²) in [5, 5.41) is 9.39. The topological polar surface area (TPSA) is 56.7 Å². The van der Waals surface area contributed by atoms with Crippen LogP contribution in [0.4, 0.5) is 5.69 Å². The van der Waals surface area contributed by atoms with Crippen LogP contribution >= 0.6 is 0 Å². The van der Waals surface area contributed by atoms with Crippen molar-refractivity contribution in [3.63, 3.8) is 0 Å². The van der Waals surface area contributed by atoms with Gasteiger partial charge in [-0.15, -0.1) is 0 Å². The van der Waals surface area contributed by atoms with E-state index in [-0.39, 0.29) is 18.6 Å². The molecule has 0 spiro atoms. The maximum Gasteiger partial charge on any atom is 0.244 e. The number of aromatic nitrogens is 1. The van der Waals surface area contributed by atoms with E-state index in [4.69, 9.17) is 0 Å². The van der Waals surface area contributed by atoms with Gasteiger partial charge < -0.3 is 10.0 Å². The third-order valence-corrected chi connectivity index (χ3v) is 4.55. The number of amides is 1. The molecular weight excluding hydrogens is 302 g/mol. The summed E-state index contributed by atoms with van der Waals surface area (Å²) in [6.07, 6.45) is 4.43. The second-order valence-electron chi connectivity index (χ2n) is 6.10. The lowest BCUT2D eigenvalue weighted by Crippen LogP contribution is -2.47. The second-order valence-corrected chi connectivity index (χ2v) is 6.10. The highest BCUT2D eigenvalue weighted by molar-refractivity contribution is 5.98. The lowest BCUT2D eigenvalue weighted by molar-refractivity contribution is -0.123. The van der Waals surface area contributed by atoms with Gasteiger partial charge in [-0.3, -0.25) is 14.7 Å². The van der Waals surface area contributed by atoms with Crippen LogP contribution in [0, 0.1) is 0 Å². The summed E-state index contributed by atoms with van der Waals surface area (Å²) in [5.74, 6) is 0.0808. The monoisotopic (exact) mass is 325 g/mol. The van der Waals surface area contributed by atoms with Crippen molar-refractivity contribution in [1.29, 1.82) is 0 Å². The second kappa shape index (κ2) is 7.55. The quantitative estimate of drug-likeness (QED) is 0.881. The first kappa shape index (κ1) is 16.6. The van der Waals surface area contributed by atoms with Gasteiger partial charge >= 0.3 is 0 Å². The van der Waals surface area contributed by atoms with Gasteiger partial charge in [-0.1, -0.05) is 24.3 Å². The number of hydrogen-bond donors (Lipinski definition) is 1. The van der Waals surface area contributed by atoms with Crippen molar-refractivity contribution in [3.05, 3.63) is 59.9 Å². The van der Waals surface area contributed by atoms with Gasteiger partial charge in [0.1, 0.15) is 0 Å². The third kappa shape index (κ3) is 3.47. The Balaban J connectivity index is 1.75. The van der Waals surface area contributed by atoms with Crippen LogP contribution in [0.3, 0.4) is 0 Å². The molecular formula is C19H23N3O2. The molecule has 0 radical (unpaired) electrons. The molecule has 1 aromatic heterocycles. The van der Waals surface area contributed by atoms with E-state index in [9.17, 15) is 9.90 Å². The molecule has 1 aliphatic rings. The number of carbonyl (C=O) groups is 1. The van der Waals surface area contributed by atoms with E-state index in [1.165, 1.54) is 5.56 Å². The standard InChI is InChI=1S/C19H23N3O2/c1-15(21(11-12-23)14-16-5-4-9-20-13-16)19(24)22-10-8-17-6-2-3-7-18(17)22/h2-7,9,13,15,23H,8,10-12,14H2,1H3. The molecule has 0 saturated heterocycles. The molecule has 1 N–H and O–H groups in total. The molecule has 24 heavy (non-hydrogen) atoms. The highest BCUT2D eigenvalue weighted by Gasteiger charge is 2.30. The van der Waals surface area contributed by atoms with Crippen LogP contribution in [0.5, 0.6) is 0 Å². The molecule has 1 atom stereocenters. The first-order valence-electron chi connectivity index (χ1n) is 8.34. The fraction of sp³-hybridized carbons (Fsp3) is 0.368. The Hall–Kier alpha value is -2.24. The van der Waals surface area contributed by atoms with E-state index in [0.29, 0.717) is 13.1 Å². The minimum atomic E-state index is -0.302. The first-order chi connectivity index (χ1) is 11.7. The van der Waals surface area contributed by atoms with Gasteiger partial charge in [-0.2, -0.15) is 0 Å². The number of benzene rings is 1. The van der Waals surface area contributed by atoms with Crippen molar-refractivity contribution in [3.8, 4) is 0 Å². The van der Waals surface area contributed by atoms with Crippen molar-refractivity contribution in [2.75, 3.05) is 24.6 Å². The van der Waals surface area contributed by atoms with Crippen LogP contribution in [-0.4, -0.2) is 46.6 Å². The molecule has 0 bridgehead atoms. The summed E-state index contributed by atoms with van der Waals surface area (Å²) in [6.45, 7) is 3.71. The summed E-state index contributed by atoms with van der Waals surface area (Å²) in [6, 6.07) is 11.6. The maximum absolute atomic E-state index is 13.0. The average Bonchev–Trinajstić information content (AvgIpc) is 3.05. The lowest BCUT2D eigenvalue weighted by atomic mass is 10.1. The minimum absolute atomic E-state index is 0.0223. The lowest BCUT2D eigenvalue weighted by Gasteiger charge is -2.31. The molecule has 0 saturated carbocycles. The Morgan fingerprint density at radius 3 is 2.92 bits per heavy atom. The van der Waals surface area contributed by atoms with Crippen molar-refractivity contribution in [2.24, 2.45) is 0 Å². The fourth-order valence-corrected chi connectivity index (χ4v) is 3.21. The van der Waals surface area contributed by atoms with E-state index < -0.39 is 0 Å². The summed E-state index contributed by atoms with van der Waals surface area (Å²) < 4.78 is 0. The molecule has 0 fully saturated rings. The molecule has 1 aliphatic heterocycles. The smallest absolute Gasteiger partial charge is 0.244 e. The Morgan fingerprint density at radius 2 is 2.17 bits per heavy atom. The molecule has 2 heterocycles. The van der Waals surface area contributed by atoms with Crippen LogP contribution < -0.4 is 4.90 Å². The zero-order valence-corrected chi connectivity index (χ0v) is 13.9. The predicted molar refractivity (Wildman–Crippen MR) is 93.7 cm³/mol. The number of fused-ring (bicyclic) bond motifs is 1. The van der Waals surface area contributed by atoms with Crippen molar-refractivity contribution < 1.29 is 9.90 Å². The number of nitrogens with zero attached hydrogens (tertiary/aromatic N) is 3. The molecule has 1 aromatic carbocycles. The highest BCUT2D eigenvalue weighted by atomic mass is 16.3. The van der Waals surface area contributed by atoms with Gasteiger partial charge in [0.25, 0.3) is 0 Å². The predicted octanol–water partition coefficient (Wildman–Crippen LogP) is 1.85. The maximum atomic E-state index is 13.0. The van der Waals surface area contributed by atoms with Gasteiger partial charge in [0.05, 0.1) is 12.6 Å². The number of para-hydroxylation sites is 1. The molecule has 0 aliphatic carbocycles. The molecule has 126 valence electrons. The number of aliphatic hydroxyl groups is 1. The Labute approximate surface area is 142 Å². The first-order valence-corrected chi connectivity index (χ1v) is 8.34. The third-order valence-electron chi connectivity index (χ3n) is 4.55. The zero-order chi connectivity index (χ0) is 16.9. The van der Waals surface area contributed by atoms with Crippen LogP contribution in [-0.2, 0) is 17.8 Å². The van der Waals surface area contributed by atoms with Crippen molar-refractivity contribution >= 4 is 11.6 Å².